The summed E-state index contributed by atoms with van der Waals surface area (Å²) in [5, 5.41) is 5.26. The van der Waals surface area contributed by atoms with E-state index in [9.17, 15) is 0 Å². The molecular formula is C27H16ClNO. The van der Waals surface area contributed by atoms with E-state index in [1.165, 1.54) is 0 Å². The van der Waals surface area contributed by atoms with Gasteiger partial charge in [0.15, 0.2) is 5.58 Å². The molecule has 0 aliphatic carbocycles. The van der Waals surface area contributed by atoms with E-state index < -0.39 is 0 Å². The monoisotopic (exact) mass is 405 g/mol. The number of aromatic nitrogens is 1. The van der Waals surface area contributed by atoms with Crippen molar-refractivity contribution in [3.8, 4) is 22.6 Å². The fraction of sp³-hybridized carbons (Fsp3) is 0. The van der Waals surface area contributed by atoms with Crippen molar-refractivity contribution >= 4 is 44.2 Å². The van der Waals surface area contributed by atoms with Crippen molar-refractivity contribution < 1.29 is 4.42 Å². The molecule has 0 bridgehead atoms. The Morgan fingerprint density at radius 2 is 1.43 bits per heavy atom. The Morgan fingerprint density at radius 3 is 2.30 bits per heavy atom. The minimum Gasteiger partial charge on any atom is -0.435 e. The first kappa shape index (κ1) is 17.3. The van der Waals surface area contributed by atoms with Crippen molar-refractivity contribution in [3.63, 3.8) is 0 Å². The normalized spacial score (nSPS) is 11.5. The van der Waals surface area contributed by atoms with E-state index in [1.807, 2.05) is 60.7 Å². The highest BCUT2D eigenvalue weighted by atomic mass is 35.5. The smallest absolute Gasteiger partial charge is 0.227 e. The van der Waals surface area contributed by atoms with Crippen LogP contribution < -0.4 is 0 Å². The molecule has 0 fully saturated rings. The van der Waals surface area contributed by atoms with Crippen molar-refractivity contribution in [2.75, 3.05) is 0 Å². The summed E-state index contributed by atoms with van der Waals surface area (Å²) in [5.74, 6) is 0.641. The quantitative estimate of drug-likeness (QED) is 0.272. The van der Waals surface area contributed by atoms with Crippen molar-refractivity contribution in [1.29, 1.82) is 0 Å². The van der Waals surface area contributed by atoms with E-state index in [0.717, 1.165) is 54.4 Å². The molecule has 0 atom stereocenters. The Morgan fingerprint density at radius 1 is 0.667 bits per heavy atom. The first-order valence-corrected chi connectivity index (χ1v) is 10.2. The standard InChI is InChI=1S/C27H16ClNO/c28-23-9-5-4-8-21(23)19-12-14-22-20(16-19)11-10-17-13-15-24-26(25(17)22)30-27(29-24)18-6-2-1-3-7-18/h1-16H. The van der Waals surface area contributed by atoms with Crippen LogP contribution in [0, 0.1) is 0 Å². The predicted molar refractivity (Wildman–Crippen MR) is 125 cm³/mol. The summed E-state index contributed by atoms with van der Waals surface area (Å²) in [6.07, 6.45) is 0. The van der Waals surface area contributed by atoms with Gasteiger partial charge in [-0.15, -0.1) is 0 Å². The van der Waals surface area contributed by atoms with Crippen LogP contribution in [0.3, 0.4) is 0 Å². The van der Waals surface area contributed by atoms with Gasteiger partial charge in [-0.2, -0.15) is 0 Å². The molecule has 0 aliphatic rings. The van der Waals surface area contributed by atoms with Crippen molar-refractivity contribution in [1.82, 2.24) is 4.98 Å². The molecule has 0 amide bonds. The van der Waals surface area contributed by atoms with Crippen molar-refractivity contribution in [2.45, 2.75) is 0 Å². The van der Waals surface area contributed by atoms with E-state index in [-0.39, 0.29) is 0 Å². The topological polar surface area (TPSA) is 26.0 Å². The molecule has 6 rings (SSSR count). The summed E-state index contributed by atoms with van der Waals surface area (Å²) in [7, 11) is 0. The lowest BCUT2D eigenvalue weighted by Crippen LogP contribution is -1.83. The zero-order valence-corrected chi connectivity index (χ0v) is 16.7. The molecule has 0 spiro atoms. The minimum atomic E-state index is 0.641. The summed E-state index contributed by atoms with van der Waals surface area (Å²) in [6.45, 7) is 0. The minimum absolute atomic E-state index is 0.641. The molecule has 30 heavy (non-hydrogen) atoms. The summed E-state index contributed by atoms with van der Waals surface area (Å²) in [5.41, 5.74) is 4.79. The van der Waals surface area contributed by atoms with Gasteiger partial charge in [-0.05, 0) is 52.1 Å². The third-order valence-corrected chi connectivity index (χ3v) is 5.89. The van der Waals surface area contributed by atoms with Crippen LogP contribution in [0.25, 0.3) is 55.2 Å². The zero-order valence-electron chi connectivity index (χ0n) is 16.0. The SMILES string of the molecule is Clc1ccccc1-c1ccc2c(ccc3ccc4nc(-c5ccccc5)oc4c32)c1. The first-order valence-electron chi connectivity index (χ1n) is 9.84. The van der Waals surface area contributed by atoms with Gasteiger partial charge in [0.05, 0.1) is 0 Å². The predicted octanol–water partition coefficient (Wildman–Crippen LogP) is 8.12. The number of benzene rings is 5. The molecule has 2 nitrogen and oxygen atoms in total. The van der Waals surface area contributed by atoms with E-state index >= 15 is 0 Å². The van der Waals surface area contributed by atoms with E-state index in [1.54, 1.807) is 0 Å². The molecule has 142 valence electrons. The summed E-state index contributed by atoms with van der Waals surface area (Å²) < 4.78 is 6.28. The average molecular weight is 406 g/mol. The molecule has 0 N–H and O–H groups in total. The lowest BCUT2D eigenvalue weighted by Gasteiger charge is -2.08. The Balaban J connectivity index is 1.62. The highest BCUT2D eigenvalue weighted by Gasteiger charge is 2.14. The fourth-order valence-electron chi connectivity index (χ4n) is 4.10. The zero-order chi connectivity index (χ0) is 20.1. The summed E-state index contributed by atoms with van der Waals surface area (Å²) >= 11 is 6.42. The third kappa shape index (κ3) is 2.69. The van der Waals surface area contributed by atoms with Gasteiger partial charge in [0.2, 0.25) is 5.89 Å². The number of fused-ring (bicyclic) bond motifs is 5. The second kappa shape index (κ2) is 6.72. The second-order valence-electron chi connectivity index (χ2n) is 7.38. The van der Waals surface area contributed by atoms with E-state index in [2.05, 4.69) is 36.4 Å². The lowest BCUT2D eigenvalue weighted by molar-refractivity contribution is 0.623. The van der Waals surface area contributed by atoms with Crippen molar-refractivity contribution in [3.05, 3.63) is 102 Å². The molecule has 0 aliphatic heterocycles. The molecule has 1 aromatic heterocycles. The Kier molecular flexibility index (Phi) is 3.87. The maximum atomic E-state index is 6.42. The molecule has 0 saturated carbocycles. The van der Waals surface area contributed by atoms with Crippen LogP contribution in [0.2, 0.25) is 5.02 Å². The number of nitrogens with zero attached hydrogens (tertiary/aromatic N) is 1. The third-order valence-electron chi connectivity index (χ3n) is 5.56. The van der Waals surface area contributed by atoms with Crippen LogP contribution in [0.5, 0.6) is 0 Å². The molecule has 6 aromatic rings. The number of halogens is 1. The first-order chi connectivity index (χ1) is 14.8. The summed E-state index contributed by atoms with van der Waals surface area (Å²) in [4.78, 5) is 4.73. The Labute approximate surface area is 178 Å². The van der Waals surface area contributed by atoms with Crippen LogP contribution in [-0.4, -0.2) is 4.98 Å². The van der Waals surface area contributed by atoms with Crippen molar-refractivity contribution in [2.24, 2.45) is 0 Å². The Bertz CT molecular complexity index is 1550. The van der Waals surface area contributed by atoms with Crippen LogP contribution in [-0.2, 0) is 0 Å². The van der Waals surface area contributed by atoms with Crippen LogP contribution in [0.4, 0.5) is 0 Å². The van der Waals surface area contributed by atoms with Gasteiger partial charge in [0.25, 0.3) is 0 Å². The Hall–Kier alpha value is -3.62. The molecule has 3 heteroatoms. The number of rotatable bonds is 2. The van der Waals surface area contributed by atoms with Gasteiger partial charge in [-0.25, -0.2) is 4.98 Å². The molecule has 1 heterocycles. The van der Waals surface area contributed by atoms with Gasteiger partial charge >= 0.3 is 0 Å². The molecule has 0 unspecified atom stereocenters. The van der Waals surface area contributed by atoms with Crippen LogP contribution in [0.1, 0.15) is 0 Å². The summed E-state index contributed by atoms with van der Waals surface area (Å²) in [6, 6.07) is 32.8. The van der Waals surface area contributed by atoms with Gasteiger partial charge in [0.1, 0.15) is 5.52 Å². The average Bonchev–Trinajstić information content (AvgIpc) is 3.24. The van der Waals surface area contributed by atoms with Crippen LogP contribution in [0.15, 0.2) is 101 Å². The van der Waals surface area contributed by atoms with E-state index in [4.69, 9.17) is 21.0 Å². The molecule has 5 aromatic carbocycles. The fourth-order valence-corrected chi connectivity index (χ4v) is 4.34. The largest absolute Gasteiger partial charge is 0.435 e. The number of oxazole rings is 1. The number of hydrogen-bond donors (Lipinski definition) is 0. The molecule has 0 saturated heterocycles. The second-order valence-corrected chi connectivity index (χ2v) is 7.79. The molecule has 0 radical (unpaired) electrons. The lowest BCUT2D eigenvalue weighted by atomic mass is 9.97. The van der Waals surface area contributed by atoms with Gasteiger partial charge in [-0.1, -0.05) is 78.3 Å². The van der Waals surface area contributed by atoms with Gasteiger partial charge < -0.3 is 4.42 Å². The molecular weight excluding hydrogens is 390 g/mol. The maximum Gasteiger partial charge on any atom is 0.227 e. The van der Waals surface area contributed by atoms with Crippen LogP contribution >= 0.6 is 11.6 Å². The van der Waals surface area contributed by atoms with Gasteiger partial charge in [0, 0.05) is 21.5 Å². The highest BCUT2D eigenvalue weighted by Crippen LogP contribution is 2.37. The maximum absolute atomic E-state index is 6.42. The van der Waals surface area contributed by atoms with E-state index in [0.29, 0.717) is 5.89 Å². The van der Waals surface area contributed by atoms with Gasteiger partial charge in [-0.3, -0.25) is 0 Å². The number of hydrogen-bond acceptors (Lipinski definition) is 2. The highest BCUT2D eigenvalue weighted by molar-refractivity contribution is 6.33.